The van der Waals surface area contributed by atoms with E-state index in [1.165, 1.54) is 59.0 Å². The molecule has 1 aliphatic rings. The van der Waals surface area contributed by atoms with Crippen LogP contribution in [0.4, 0.5) is 0 Å². The summed E-state index contributed by atoms with van der Waals surface area (Å²) in [5.41, 5.74) is -1.42. The van der Waals surface area contributed by atoms with Gasteiger partial charge in [-0.1, -0.05) is 32.1 Å². The number of rotatable bonds is 5. The molecule has 1 amide bonds. The Morgan fingerprint density at radius 2 is 1.83 bits per heavy atom. The molecule has 0 aromatic heterocycles. The molecular formula is C14H27NO3. The van der Waals surface area contributed by atoms with Crippen molar-refractivity contribution < 1.29 is 14.6 Å². The molecule has 1 aliphatic carbocycles. The lowest BCUT2D eigenvalue weighted by atomic mass is 9.91. The van der Waals surface area contributed by atoms with Crippen molar-refractivity contribution in [3.05, 3.63) is 0 Å². The third kappa shape index (κ3) is 5.36. The SMILES string of the molecule is COC[C@](C)(O)C(=O)NCC1CCCCCCC1. The fourth-order valence-corrected chi connectivity index (χ4v) is 2.52. The summed E-state index contributed by atoms with van der Waals surface area (Å²) in [7, 11) is 1.48. The second-order valence-electron chi connectivity index (χ2n) is 5.63. The number of hydrogen-bond acceptors (Lipinski definition) is 3. The molecule has 0 aromatic carbocycles. The zero-order valence-electron chi connectivity index (χ0n) is 11.7. The topological polar surface area (TPSA) is 58.6 Å². The highest BCUT2D eigenvalue weighted by Gasteiger charge is 2.30. The van der Waals surface area contributed by atoms with Gasteiger partial charge in [-0.2, -0.15) is 0 Å². The summed E-state index contributed by atoms with van der Waals surface area (Å²) in [6.07, 6.45) is 8.86. The highest BCUT2D eigenvalue weighted by Crippen LogP contribution is 2.21. The summed E-state index contributed by atoms with van der Waals surface area (Å²) >= 11 is 0. The third-order valence-electron chi connectivity index (χ3n) is 3.69. The van der Waals surface area contributed by atoms with Crippen molar-refractivity contribution in [2.24, 2.45) is 5.92 Å². The molecule has 1 rings (SSSR count). The molecule has 0 aliphatic heterocycles. The largest absolute Gasteiger partial charge is 0.381 e. The molecule has 0 bridgehead atoms. The van der Waals surface area contributed by atoms with Crippen molar-refractivity contribution in [1.29, 1.82) is 0 Å². The molecule has 0 radical (unpaired) electrons. The van der Waals surface area contributed by atoms with Gasteiger partial charge in [0.25, 0.3) is 5.91 Å². The Hall–Kier alpha value is -0.610. The molecule has 0 saturated heterocycles. The first-order valence-electron chi connectivity index (χ1n) is 7.06. The average Bonchev–Trinajstić information content (AvgIpc) is 2.27. The van der Waals surface area contributed by atoms with Gasteiger partial charge in [-0.25, -0.2) is 0 Å². The van der Waals surface area contributed by atoms with Gasteiger partial charge < -0.3 is 15.2 Å². The van der Waals surface area contributed by atoms with Crippen LogP contribution in [0.1, 0.15) is 51.9 Å². The number of nitrogens with one attached hydrogen (secondary N) is 1. The Kier molecular flexibility index (Phi) is 6.65. The Bertz CT molecular complexity index is 245. The number of hydrogen-bond donors (Lipinski definition) is 2. The van der Waals surface area contributed by atoms with Crippen LogP contribution in [0.15, 0.2) is 0 Å². The number of aliphatic hydroxyl groups is 1. The molecule has 0 unspecified atom stereocenters. The third-order valence-corrected chi connectivity index (χ3v) is 3.69. The summed E-state index contributed by atoms with van der Waals surface area (Å²) in [6.45, 7) is 2.20. The van der Waals surface area contributed by atoms with Crippen molar-refractivity contribution in [2.45, 2.75) is 57.5 Å². The van der Waals surface area contributed by atoms with Gasteiger partial charge >= 0.3 is 0 Å². The molecule has 1 atom stereocenters. The van der Waals surface area contributed by atoms with Crippen LogP contribution in [-0.4, -0.2) is 36.9 Å². The Labute approximate surface area is 110 Å². The van der Waals surface area contributed by atoms with Crippen LogP contribution >= 0.6 is 0 Å². The van der Waals surface area contributed by atoms with Crippen molar-refractivity contribution in [3.63, 3.8) is 0 Å². The van der Waals surface area contributed by atoms with Gasteiger partial charge in [-0.15, -0.1) is 0 Å². The Balaban J connectivity index is 2.31. The number of ether oxygens (including phenoxy) is 1. The minimum absolute atomic E-state index is 0.0312. The second-order valence-corrected chi connectivity index (χ2v) is 5.63. The summed E-state index contributed by atoms with van der Waals surface area (Å²) in [5, 5.41) is 12.7. The minimum atomic E-state index is -1.42. The van der Waals surface area contributed by atoms with E-state index < -0.39 is 5.60 Å². The van der Waals surface area contributed by atoms with Gasteiger partial charge in [0.1, 0.15) is 0 Å². The zero-order valence-corrected chi connectivity index (χ0v) is 11.7. The van der Waals surface area contributed by atoms with E-state index in [0.29, 0.717) is 12.5 Å². The van der Waals surface area contributed by atoms with Crippen LogP contribution in [0.5, 0.6) is 0 Å². The van der Waals surface area contributed by atoms with Crippen LogP contribution in [0.3, 0.4) is 0 Å². The summed E-state index contributed by atoms with van der Waals surface area (Å²) in [4.78, 5) is 11.8. The first-order chi connectivity index (χ1) is 8.56. The second kappa shape index (κ2) is 7.74. The quantitative estimate of drug-likeness (QED) is 0.790. The fourth-order valence-electron chi connectivity index (χ4n) is 2.52. The first-order valence-corrected chi connectivity index (χ1v) is 7.06. The van der Waals surface area contributed by atoms with Crippen molar-refractivity contribution in [1.82, 2.24) is 5.32 Å². The number of carbonyl (C=O) groups excluding carboxylic acids is 1. The van der Waals surface area contributed by atoms with E-state index in [9.17, 15) is 9.90 Å². The Morgan fingerprint density at radius 3 is 2.39 bits per heavy atom. The minimum Gasteiger partial charge on any atom is -0.381 e. The molecule has 4 heteroatoms. The van der Waals surface area contributed by atoms with E-state index in [1.807, 2.05) is 0 Å². The molecule has 106 valence electrons. The van der Waals surface area contributed by atoms with Crippen LogP contribution in [0.25, 0.3) is 0 Å². The maximum atomic E-state index is 11.8. The van der Waals surface area contributed by atoms with Crippen molar-refractivity contribution in [3.8, 4) is 0 Å². The lowest BCUT2D eigenvalue weighted by molar-refractivity contribution is -0.143. The standard InChI is InChI=1S/C14H27NO3/c1-14(17,11-18-2)13(16)15-10-12-8-6-4-3-5-7-9-12/h12,17H,3-11H2,1-2H3,(H,15,16)/t14-/m0/s1. The lowest BCUT2D eigenvalue weighted by Gasteiger charge is -2.24. The number of carbonyl (C=O) groups is 1. The van der Waals surface area contributed by atoms with E-state index >= 15 is 0 Å². The van der Waals surface area contributed by atoms with Crippen LogP contribution in [0.2, 0.25) is 0 Å². The van der Waals surface area contributed by atoms with Gasteiger partial charge in [0.2, 0.25) is 0 Å². The molecule has 2 N–H and O–H groups in total. The average molecular weight is 257 g/mol. The maximum absolute atomic E-state index is 11.8. The van der Waals surface area contributed by atoms with Crippen LogP contribution in [0, 0.1) is 5.92 Å². The molecular weight excluding hydrogens is 230 g/mol. The first kappa shape index (κ1) is 15.4. The summed E-state index contributed by atoms with van der Waals surface area (Å²) < 4.78 is 4.85. The lowest BCUT2D eigenvalue weighted by Crippen LogP contribution is -2.48. The normalized spacial score (nSPS) is 21.7. The molecule has 0 spiro atoms. The van der Waals surface area contributed by atoms with Crippen molar-refractivity contribution in [2.75, 3.05) is 20.3 Å². The molecule has 0 heterocycles. The van der Waals surface area contributed by atoms with Gasteiger partial charge in [0.05, 0.1) is 6.61 Å². The highest BCUT2D eigenvalue weighted by atomic mass is 16.5. The van der Waals surface area contributed by atoms with E-state index in [2.05, 4.69) is 5.32 Å². The smallest absolute Gasteiger partial charge is 0.254 e. The molecule has 18 heavy (non-hydrogen) atoms. The monoisotopic (exact) mass is 257 g/mol. The predicted molar refractivity (Wildman–Crippen MR) is 71.3 cm³/mol. The van der Waals surface area contributed by atoms with Crippen LogP contribution in [-0.2, 0) is 9.53 Å². The summed E-state index contributed by atoms with van der Waals surface area (Å²) in [6, 6.07) is 0. The highest BCUT2D eigenvalue weighted by molar-refractivity contribution is 5.84. The number of methoxy groups -OCH3 is 1. The molecule has 1 fully saturated rings. The van der Waals surface area contributed by atoms with E-state index in [0.717, 1.165) is 0 Å². The predicted octanol–water partition coefficient (Wildman–Crippen LogP) is 1.86. The van der Waals surface area contributed by atoms with Gasteiger partial charge in [0, 0.05) is 13.7 Å². The van der Waals surface area contributed by atoms with Gasteiger partial charge in [-0.05, 0) is 25.7 Å². The Morgan fingerprint density at radius 1 is 1.28 bits per heavy atom. The van der Waals surface area contributed by atoms with Gasteiger partial charge in [0.15, 0.2) is 5.60 Å². The molecule has 1 saturated carbocycles. The van der Waals surface area contributed by atoms with E-state index in [4.69, 9.17) is 4.74 Å². The maximum Gasteiger partial charge on any atom is 0.254 e. The van der Waals surface area contributed by atoms with Crippen molar-refractivity contribution >= 4 is 5.91 Å². The van der Waals surface area contributed by atoms with E-state index in [1.54, 1.807) is 0 Å². The van der Waals surface area contributed by atoms with E-state index in [-0.39, 0.29) is 12.5 Å². The fraction of sp³-hybridized carbons (Fsp3) is 0.929. The zero-order chi connectivity index (χ0) is 13.4. The van der Waals surface area contributed by atoms with Gasteiger partial charge in [-0.3, -0.25) is 4.79 Å². The summed E-state index contributed by atoms with van der Waals surface area (Å²) in [5.74, 6) is 0.235. The molecule has 4 nitrogen and oxygen atoms in total. The number of amides is 1. The molecule has 0 aromatic rings. The van der Waals surface area contributed by atoms with Crippen LogP contribution < -0.4 is 5.32 Å².